The van der Waals surface area contributed by atoms with Crippen LogP contribution in [-0.4, -0.2) is 13.2 Å². The highest BCUT2D eigenvalue weighted by Gasteiger charge is 2.20. The summed E-state index contributed by atoms with van der Waals surface area (Å²) in [5, 5.41) is 0. The summed E-state index contributed by atoms with van der Waals surface area (Å²) in [6.45, 7) is 2.08. The number of hydrogen-bond donors (Lipinski definition) is 1. The molecule has 3 nitrogen and oxygen atoms in total. The van der Waals surface area contributed by atoms with E-state index in [-0.39, 0.29) is 12.1 Å². The molecule has 0 saturated carbocycles. The summed E-state index contributed by atoms with van der Waals surface area (Å²) in [7, 11) is 1.65. The van der Waals surface area contributed by atoms with Gasteiger partial charge in [0.15, 0.2) is 0 Å². The van der Waals surface area contributed by atoms with E-state index < -0.39 is 0 Å². The quantitative estimate of drug-likeness (QED) is 0.917. The highest BCUT2D eigenvalue weighted by molar-refractivity contribution is 9.10. The molecule has 2 atom stereocenters. The molecule has 2 N–H and O–H groups in total. The SMILES string of the molecule is COc1ccc(C(N)c2ccc3c(c2)CC(C)O3)cc1Br. The molecule has 0 radical (unpaired) electrons. The smallest absolute Gasteiger partial charge is 0.133 e. The van der Waals surface area contributed by atoms with Crippen LogP contribution in [0.3, 0.4) is 0 Å². The number of ether oxygens (including phenoxy) is 2. The highest BCUT2D eigenvalue weighted by atomic mass is 79.9. The van der Waals surface area contributed by atoms with Gasteiger partial charge in [-0.25, -0.2) is 0 Å². The van der Waals surface area contributed by atoms with Crippen LogP contribution < -0.4 is 15.2 Å². The first-order chi connectivity index (χ1) is 10.1. The van der Waals surface area contributed by atoms with Crippen molar-refractivity contribution in [1.82, 2.24) is 0 Å². The molecule has 0 aromatic heterocycles. The van der Waals surface area contributed by atoms with Gasteiger partial charge in [-0.2, -0.15) is 0 Å². The second kappa shape index (κ2) is 5.70. The Bertz CT molecular complexity index is 672. The van der Waals surface area contributed by atoms with Gasteiger partial charge in [0, 0.05) is 6.42 Å². The summed E-state index contributed by atoms with van der Waals surface area (Å²) >= 11 is 3.51. The van der Waals surface area contributed by atoms with Crippen LogP contribution in [0.4, 0.5) is 0 Å². The van der Waals surface area contributed by atoms with Crippen LogP contribution in [0, 0.1) is 0 Å². The Labute approximate surface area is 133 Å². The number of methoxy groups -OCH3 is 1. The van der Waals surface area contributed by atoms with Gasteiger partial charge in [-0.3, -0.25) is 0 Å². The molecular formula is C17H18BrNO2. The van der Waals surface area contributed by atoms with Gasteiger partial charge < -0.3 is 15.2 Å². The first-order valence-corrected chi connectivity index (χ1v) is 7.76. The molecular weight excluding hydrogens is 330 g/mol. The maximum atomic E-state index is 6.40. The third-order valence-electron chi connectivity index (χ3n) is 3.81. The summed E-state index contributed by atoms with van der Waals surface area (Å²) in [5.74, 6) is 1.79. The third kappa shape index (κ3) is 2.78. The van der Waals surface area contributed by atoms with Crippen molar-refractivity contribution < 1.29 is 9.47 Å². The van der Waals surface area contributed by atoms with Crippen LogP contribution in [0.25, 0.3) is 0 Å². The molecule has 0 bridgehead atoms. The fourth-order valence-corrected chi connectivity index (χ4v) is 3.26. The largest absolute Gasteiger partial charge is 0.496 e. The van der Waals surface area contributed by atoms with E-state index in [1.807, 2.05) is 30.3 Å². The van der Waals surface area contributed by atoms with Gasteiger partial charge in [-0.15, -0.1) is 0 Å². The van der Waals surface area contributed by atoms with E-state index in [1.165, 1.54) is 5.56 Å². The third-order valence-corrected chi connectivity index (χ3v) is 4.43. The molecule has 2 aromatic rings. The Morgan fingerprint density at radius 3 is 2.67 bits per heavy atom. The average molecular weight is 348 g/mol. The van der Waals surface area contributed by atoms with Crippen LogP contribution in [0.5, 0.6) is 11.5 Å². The van der Waals surface area contributed by atoms with Crippen molar-refractivity contribution >= 4 is 15.9 Å². The van der Waals surface area contributed by atoms with Crippen LogP contribution in [0.1, 0.15) is 29.7 Å². The van der Waals surface area contributed by atoms with Crippen molar-refractivity contribution in [1.29, 1.82) is 0 Å². The van der Waals surface area contributed by atoms with E-state index in [4.69, 9.17) is 15.2 Å². The van der Waals surface area contributed by atoms with Gasteiger partial charge in [0.05, 0.1) is 17.6 Å². The van der Waals surface area contributed by atoms with Crippen LogP contribution in [0.15, 0.2) is 40.9 Å². The maximum Gasteiger partial charge on any atom is 0.133 e. The molecule has 110 valence electrons. The maximum absolute atomic E-state index is 6.40. The molecule has 0 amide bonds. The van der Waals surface area contributed by atoms with Crippen molar-refractivity contribution in [3.05, 3.63) is 57.6 Å². The fraction of sp³-hybridized carbons (Fsp3) is 0.294. The average Bonchev–Trinajstić information content (AvgIpc) is 2.85. The van der Waals surface area contributed by atoms with E-state index in [0.717, 1.165) is 33.5 Å². The van der Waals surface area contributed by atoms with Gasteiger partial charge in [0.2, 0.25) is 0 Å². The normalized spacial score (nSPS) is 18.0. The minimum absolute atomic E-state index is 0.159. The number of nitrogens with two attached hydrogens (primary N) is 1. The molecule has 1 heterocycles. The molecule has 0 aliphatic carbocycles. The first-order valence-electron chi connectivity index (χ1n) is 6.97. The number of benzene rings is 2. The van der Waals surface area contributed by atoms with E-state index in [0.29, 0.717) is 0 Å². The van der Waals surface area contributed by atoms with Crippen molar-refractivity contribution in [3.8, 4) is 11.5 Å². The number of halogens is 1. The summed E-state index contributed by atoms with van der Waals surface area (Å²) in [6, 6.07) is 12.0. The van der Waals surface area contributed by atoms with E-state index in [9.17, 15) is 0 Å². The Morgan fingerprint density at radius 1 is 1.24 bits per heavy atom. The molecule has 2 aromatic carbocycles. The highest BCUT2D eigenvalue weighted by Crippen LogP contribution is 2.34. The van der Waals surface area contributed by atoms with Crippen molar-refractivity contribution in [2.75, 3.05) is 7.11 Å². The van der Waals surface area contributed by atoms with Gasteiger partial charge >= 0.3 is 0 Å². The van der Waals surface area contributed by atoms with E-state index in [1.54, 1.807) is 7.11 Å². The zero-order chi connectivity index (χ0) is 15.0. The number of fused-ring (bicyclic) bond motifs is 1. The predicted molar refractivity (Wildman–Crippen MR) is 87.0 cm³/mol. The Morgan fingerprint density at radius 2 is 1.95 bits per heavy atom. The van der Waals surface area contributed by atoms with E-state index in [2.05, 4.69) is 28.9 Å². The number of rotatable bonds is 3. The molecule has 0 fully saturated rings. The molecule has 2 unspecified atom stereocenters. The second-order valence-corrected chi connectivity index (χ2v) is 6.23. The van der Waals surface area contributed by atoms with Crippen LogP contribution in [-0.2, 0) is 6.42 Å². The molecule has 21 heavy (non-hydrogen) atoms. The molecule has 4 heteroatoms. The standard InChI is InChI=1S/C17H18BrNO2/c1-10-7-13-8-11(3-5-15(13)21-10)17(19)12-4-6-16(20-2)14(18)9-12/h3-6,8-10,17H,7,19H2,1-2H3. The summed E-state index contributed by atoms with van der Waals surface area (Å²) < 4.78 is 11.9. The van der Waals surface area contributed by atoms with Gasteiger partial charge in [-0.05, 0) is 57.7 Å². The monoisotopic (exact) mass is 347 g/mol. The van der Waals surface area contributed by atoms with Gasteiger partial charge in [0.1, 0.15) is 17.6 Å². The molecule has 1 aliphatic heterocycles. The van der Waals surface area contributed by atoms with Crippen molar-refractivity contribution in [2.45, 2.75) is 25.5 Å². The molecule has 0 saturated heterocycles. The van der Waals surface area contributed by atoms with Gasteiger partial charge in [0.25, 0.3) is 0 Å². The topological polar surface area (TPSA) is 44.5 Å². The minimum Gasteiger partial charge on any atom is -0.496 e. The van der Waals surface area contributed by atoms with Crippen LogP contribution in [0.2, 0.25) is 0 Å². The summed E-state index contributed by atoms with van der Waals surface area (Å²) in [6.07, 6.45) is 1.20. The minimum atomic E-state index is -0.159. The number of hydrogen-bond acceptors (Lipinski definition) is 3. The van der Waals surface area contributed by atoms with Crippen LogP contribution >= 0.6 is 15.9 Å². The Balaban J connectivity index is 1.90. The van der Waals surface area contributed by atoms with Gasteiger partial charge in [-0.1, -0.05) is 18.2 Å². The van der Waals surface area contributed by atoms with Crippen molar-refractivity contribution in [2.24, 2.45) is 5.73 Å². The predicted octanol–water partition coefficient (Wildman–Crippen LogP) is 3.83. The lowest BCUT2D eigenvalue weighted by molar-refractivity contribution is 0.254. The zero-order valence-corrected chi connectivity index (χ0v) is 13.7. The lowest BCUT2D eigenvalue weighted by Gasteiger charge is -2.15. The zero-order valence-electron chi connectivity index (χ0n) is 12.1. The summed E-state index contributed by atoms with van der Waals surface area (Å²) in [5.41, 5.74) is 9.79. The molecule has 1 aliphatic rings. The first kappa shape index (κ1) is 14.4. The lowest BCUT2D eigenvalue weighted by atomic mass is 9.97. The molecule has 0 spiro atoms. The van der Waals surface area contributed by atoms with E-state index >= 15 is 0 Å². The Hall–Kier alpha value is -1.52. The van der Waals surface area contributed by atoms with Crippen molar-refractivity contribution in [3.63, 3.8) is 0 Å². The Kier molecular flexibility index (Phi) is 3.91. The fourth-order valence-electron chi connectivity index (χ4n) is 2.70. The lowest BCUT2D eigenvalue weighted by Crippen LogP contribution is -2.12. The second-order valence-electron chi connectivity index (χ2n) is 5.37. The summed E-state index contributed by atoms with van der Waals surface area (Å²) in [4.78, 5) is 0. The molecule has 3 rings (SSSR count).